The number of rotatable bonds is 2. The molecular weight excluding hydrogens is 362 g/mol. The predicted molar refractivity (Wildman–Crippen MR) is 89.5 cm³/mol. The van der Waals surface area contributed by atoms with Crippen LogP contribution in [0.4, 0.5) is 0 Å². The Kier molecular flexibility index (Phi) is 3.38. The van der Waals surface area contributed by atoms with Gasteiger partial charge in [0.1, 0.15) is 5.69 Å². The SMILES string of the molecule is O=c1ccc(Br)cc2c(/C=C/c3ccc4c(c3)OCO4)noc12. The van der Waals surface area contributed by atoms with E-state index in [9.17, 15) is 4.79 Å². The van der Waals surface area contributed by atoms with Crippen LogP contribution < -0.4 is 14.9 Å². The van der Waals surface area contributed by atoms with Crippen molar-refractivity contribution in [2.75, 3.05) is 6.79 Å². The molecule has 2 heterocycles. The number of nitrogens with zero attached hydrogens (tertiary/aromatic N) is 1. The molecule has 0 amide bonds. The third-order valence-electron chi connectivity index (χ3n) is 3.49. The minimum absolute atomic E-state index is 0.207. The summed E-state index contributed by atoms with van der Waals surface area (Å²) in [5.74, 6) is 1.45. The fourth-order valence-corrected chi connectivity index (χ4v) is 2.72. The molecule has 0 saturated carbocycles. The Morgan fingerprint density at radius 1 is 1.04 bits per heavy atom. The number of ether oxygens (including phenoxy) is 2. The molecular formula is C17H10BrNO4. The van der Waals surface area contributed by atoms with Crippen molar-refractivity contribution < 1.29 is 14.0 Å². The summed E-state index contributed by atoms with van der Waals surface area (Å²) in [4.78, 5) is 11.9. The molecule has 0 fully saturated rings. The van der Waals surface area contributed by atoms with Gasteiger partial charge in [-0.3, -0.25) is 4.79 Å². The van der Waals surface area contributed by atoms with Gasteiger partial charge in [0, 0.05) is 4.47 Å². The quantitative estimate of drug-likeness (QED) is 0.684. The Morgan fingerprint density at radius 3 is 2.83 bits per heavy atom. The molecule has 114 valence electrons. The Bertz CT molecular complexity index is 994. The second-order valence-corrected chi connectivity index (χ2v) is 5.90. The molecule has 0 saturated heterocycles. The topological polar surface area (TPSA) is 61.6 Å². The van der Waals surface area contributed by atoms with Crippen molar-refractivity contribution in [3.05, 3.63) is 62.4 Å². The molecule has 0 atom stereocenters. The molecule has 1 aliphatic heterocycles. The maximum absolute atomic E-state index is 11.9. The van der Waals surface area contributed by atoms with E-state index >= 15 is 0 Å². The van der Waals surface area contributed by atoms with Crippen LogP contribution in [0.1, 0.15) is 11.3 Å². The molecule has 5 nitrogen and oxygen atoms in total. The number of fused-ring (bicyclic) bond motifs is 2. The van der Waals surface area contributed by atoms with E-state index in [1.165, 1.54) is 6.07 Å². The smallest absolute Gasteiger partial charge is 0.231 e. The third kappa shape index (κ3) is 2.61. The first-order chi connectivity index (χ1) is 11.2. The number of hydrogen-bond acceptors (Lipinski definition) is 5. The fraction of sp³-hybridized carbons (Fsp3) is 0.0588. The van der Waals surface area contributed by atoms with Gasteiger partial charge in [0.2, 0.25) is 17.8 Å². The van der Waals surface area contributed by atoms with Gasteiger partial charge in [-0.1, -0.05) is 33.2 Å². The molecule has 0 radical (unpaired) electrons. The minimum atomic E-state index is -0.207. The molecule has 3 aromatic rings. The lowest BCUT2D eigenvalue weighted by Crippen LogP contribution is -1.92. The molecule has 0 unspecified atom stereocenters. The highest BCUT2D eigenvalue weighted by molar-refractivity contribution is 9.10. The van der Waals surface area contributed by atoms with Gasteiger partial charge in [0.25, 0.3) is 0 Å². The molecule has 0 spiro atoms. The van der Waals surface area contributed by atoms with Gasteiger partial charge in [-0.25, -0.2) is 0 Å². The highest BCUT2D eigenvalue weighted by Gasteiger charge is 2.12. The number of benzene rings is 1. The van der Waals surface area contributed by atoms with E-state index in [0.717, 1.165) is 15.8 Å². The molecule has 1 aromatic heterocycles. The second kappa shape index (κ2) is 5.55. The molecule has 23 heavy (non-hydrogen) atoms. The summed E-state index contributed by atoms with van der Waals surface area (Å²) in [6, 6.07) is 10.6. The van der Waals surface area contributed by atoms with Gasteiger partial charge in [0.15, 0.2) is 11.5 Å². The van der Waals surface area contributed by atoms with Crippen molar-refractivity contribution >= 4 is 39.1 Å². The molecule has 1 aliphatic rings. The summed E-state index contributed by atoms with van der Waals surface area (Å²) in [6.45, 7) is 0.243. The van der Waals surface area contributed by atoms with Gasteiger partial charge >= 0.3 is 0 Å². The fourth-order valence-electron chi connectivity index (χ4n) is 2.36. The zero-order valence-corrected chi connectivity index (χ0v) is 13.4. The number of hydrogen-bond donors (Lipinski definition) is 0. The highest BCUT2D eigenvalue weighted by Crippen LogP contribution is 2.33. The van der Waals surface area contributed by atoms with Crippen molar-refractivity contribution in [2.45, 2.75) is 0 Å². The molecule has 0 N–H and O–H groups in total. The predicted octanol–water partition coefficient (Wildman–Crippen LogP) is 3.85. The van der Waals surface area contributed by atoms with Gasteiger partial charge in [0.05, 0.1) is 5.39 Å². The van der Waals surface area contributed by atoms with E-state index in [-0.39, 0.29) is 17.8 Å². The van der Waals surface area contributed by atoms with E-state index in [0.29, 0.717) is 16.8 Å². The lowest BCUT2D eigenvalue weighted by molar-refractivity contribution is 0.174. The Labute approximate surface area is 139 Å². The third-order valence-corrected chi connectivity index (χ3v) is 3.98. The van der Waals surface area contributed by atoms with Crippen molar-refractivity contribution in [3.8, 4) is 11.5 Å². The maximum Gasteiger partial charge on any atom is 0.231 e. The average Bonchev–Trinajstić information content (AvgIpc) is 3.14. The molecule has 6 heteroatoms. The Balaban J connectivity index is 1.76. The summed E-state index contributed by atoms with van der Waals surface area (Å²) in [7, 11) is 0. The van der Waals surface area contributed by atoms with Gasteiger partial charge in [-0.15, -0.1) is 0 Å². The summed E-state index contributed by atoms with van der Waals surface area (Å²) >= 11 is 3.38. The Morgan fingerprint density at radius 2 is 1.91 bits per heavy atom. The van der Waals surface area contributed by atoms with Crippen LogP contribution in [0.15, 0.2) is 50.2 Å². The maximum atomic E-state index is 11.9. The minimum Gasteiger partial charge on any atom is -0.454 e. The van der Waals surface area contributed by atoms with Crippen molar-refractivity contribution in [1.29, 1.82) is 0 Å². The second-order valence-electron chi connectivity index (χ2n) is 4.98. The van der Waals surface area contributed by atoms with E-state index in [1.54, 1.807) is 12.1 Å². The van der Waals surface area contributed by atoms with Crippen LogP contribution in [0, 0.1) is 0 Å². The van der Waals surface area contributed by atoms with Crippen LogP contribution in [-0.4, -0.2) is 11.9 Å². The Hall–Kier alpha value is -2.60. The highest BCUT2D eigenvalue weighted by atomic mass is 79.9. The lowest BCUT2D eigenvalue weighted by Gasteiger charge is -1.97. The van der Waals surface area contributed by atoms with Crippen molar-refractivity contribution in [2.24, 2.45) is 0 Å². The van der Waals surface area contributed by atoms with E-state index in [2.05, 4.69) is 21.1 Å². The van der Waals surface area contributed by atoms with Gasteiger partial charge in [-0.2, -0.15) is 0 Å². The van der Waals surface area contributed by atoms with Crippen LogP contribution >= 0.6 is 15.9 Å². The van der Waals surface area contributed by atoms with Crippen LogP contribution in [-0.2, 0) is 0 Å². The van der Waals surface area contributed by atoms with Gasteiger partial charge in [-0.05, 0) is 42.0 Å². The largest absolute Gasteiger partial charge is 0.454 e. The summed E-state index contributed by atoms with van der Waals surface area (Å²) in [5.41, 5.74) is 1.56. The number of aromatic nitrogens is 1. The zero-order valence-electron chi connectivity index (χ0n) is 11.8. The molecule has 2 aromatic carbocycles. The molecule has 4 rings (SSSR count). The zero-order chi connectivity index (χ0) is 15.8. The van der Waals surface area contributed by atoms with Crippen LogP contribution in [0.2, 0.25) is 0 Å². The molecule has 0 aliphatic carbocycles. The normalized spacial score (nSPS) is 13.1. The average molecular weight is 372 g/mol. The standard InChI is InChI=1S/C17H10BrNO4/c18-11-3-5-14(20)17-12(8-11)13(19-23-17)4-1-10-2-6-15-16(7-10)22-9-21-15/h1-8H,9H2/b4-1+. The van der Waals surface area contributed by atoms with Crippen LogP contribution in [0.25, 0.3) is 23.1 Å². The van der Waals surface area contributed by atoms with Crippen LogP contribution in [0.3, 0.4) is 0 Å². The first kappa shape index (κ1) is 14.0. The van der Waals surface area contributed by atoms with Gasteiger partial charge < -0.3 is 14.0 Å². The van der Waals surface area contributed by atoms with E-state index in [4.69, 9.17) is 14.0 Å². The first-order valence-corrected chi connectivity index (χ1v) is 7.67. The van der Waals surface area contributed by atoms with Crippen molar-refractivity contribution in [1.82, 2.24) is 5.16 Å². The van der Waals surface area contributed by atoms with Crippen molar-refractivity contribution in [3.63, 3.8) is 0 Å². The molecule has 0 bridgehead atoms. The summed E-state index contributed by atoms with van der Waals surface area (Å²) in [5, 5.41) is 4.63. The lowest BCUT2D eigenvalue weighted by atomic mass is 10.1. The monoisotopic (exact) mass is 371 g/mol. The summed E-state index contributed by atoms with van der Waals surface area (Å²) in [6.07, 6.45) is 3.68. The summed E-state index contributed by atoms with van der Waals surface area (Å²) < 4.78 is 16.6. The van der Waals surface area contributed by atoms with E-state index in [1.807, 2.05) is 30.3 Å². The van der Waals surface area contributed by atoms with Crippen LogP contribution in [0.5, 0.6) is 11.5 Å². The van der Waals surface area contributed by atoms with E-state index < -0.39 is 0 Å². The first-order valence-electron chi connectivity index (χ1n) is 6.88. The number of halogens is 1.